The van der Waals surface area contributed by atoms with Crippen molar-refractivity contribution in [3.63, 3.8) is 0 Å². The number of nitriles is 1. The van der Waals surface area contributed by atoms with Crippen molar-refractivity contribution < 1.29 is 9.84 Å². The van der Waals surface area contributed by atoms with Crippen LogP contribution < -0.4 is 4.74 Å². The smallest absolute Gasteiger partial charge is 0.153 e. The molecule has 0 saturated heterocycles. The van der Waals surface area contributed by atoms with E-state index in [-0.39, 0.29) is 5.75 Å². The van der Waals surface area contributed by atoms with E-state index in [0.717, 1.165) is 10.8 Å². The molecule has 0 aromatic heterocycles. The molecule has 4 nitrogen and oxygen atoms in total. The van der Waals surface area contributed by atoms with Gasteiger partial charge in [-0.1, -0.05) is 54.6 Å². The zero-order valence-corrected chi connectivity index (χ0v) is 14.9. The SMILES string of the molecule is N#Cc1ccccc1Oc1ccccc1N=Cc1c(O)ccc2ccccc12. The first-order valence-corrected chi connectivity index (χ1v) is 8.77. The van der Waals surface area contributed by atoms with Crippen LogP contribution in [-0.2, 0) is 0 Å². The van der Waals surface area contributed by atoms with Gasteiger partial charge in [0.2, 0.25) is 0 Å². The fourth-order valence-corrected chi connectivity index (χ4v) is 2.97. The van der Waals surface area contributed by atoms with E-state index in [1.54, 1.807) is 36.5 Å². The summed E-state index contributed by atoms with van der Waals surface area (Å²) in [6.07, 6.45) is 1.63. The van der Waals surface area contributed by atoms with Crippen molar-refractivity contribution in [2.24, 2.45) is 4.99 Å². The molecule has 0 saturated carbocycles. The Bertz CT molecular complexity index is 1220. The van der Waals surface area contributed by atoms with E-state index in [9.17, 15) is 10.4 Å². The molecule has 0 aliphatic carbocycles. The van der Waals surface area contributed by atoms with Crippen LogP contribution >= 0.6 is 0 Å². The highest BCUT2D eigenvalue weighted by Crippen LogP contribution is 2.33. The number of aliphatic imine (C=N–C) groups is 1. The number of rotatable bonds is 4. The highest BCUT2D eigenvalue weighted by Gasteiger charge is 2.08. The van der Waals surface area contributed by atoms with Crippen LogP contribution in [0.5, 0.6) is 17.2 Å². The monoisotopic (exact) mass is 364 g/mol. The second-order valence-corrected chi connectivity index (χ2v) is 6.16. The Morgan fingerprint density at radius 2 is 1.54 bits per heavy atom. The number of phenols is 1. The molecule has 0 fully saturated rings. The number of phenolic OH excluding ortho intramolecular Hbond substituents is 1. The first kappa shape index (κ1) is 17.3. The lowest BCUT2D eigenvalue weighted by Crippen LogP contribution is -1.89. The molecule has 4 aromatic rings. The third-order valence-corrected chi connectivity index (χ3v) is 4.37. The summed E-state index contributed by atoms with van der Waals surface area (Å²) >= 11 is 0. The molecule has 134 valence electrons. The second kappa shape index (κ2) is 7.65. The minimum atomic E-state index is 0.163. The normalized spacial score (nSPS) is 10.8. The fraction of sp³-hybridized carbons (Fsp3) is 0. The zero-order valence-electron chi connectivity index (χ0n) is 14.9. The van der Waals surface area contributed by atoms with Gasteiger partial charge in [-0.05, 0) is 41.1 Å². The van der Waals surface area contributed by atoms with Crippen LogP contribution in [0.2, 0.25) is 0 Å². The third kappa shape index (κ3) is 3.42. The summed E-state index contributed by atoms with van der Waals surface area (Å²) in [4.78, 5) is 4.55. The largest absolute Gasteiger partial charge is 0.507 e. The van der Waals surface area contributed by atoms with Crippen LogP contribution in [0, 0.1) is 11.3 Å². The van der Waals surface area contributed by atoms with Gasteiger partial charge in [-0.15, -0.1) is 0 Å². The van der Waals surface area contributed by atoms with Gasteiger partial charge in [-0.3, -0.25) is 4.99 Å². The summed E-state index contributed by atoms with van der Waals surface area (Å²) in [5.74, 6) is 1.16. The first-order chi connectivity index (χ1) is 13.8. The van der Waals surface area contributed by atoms with Crippen LogP contribution in [0.15, 0.2) is 89.9 Å². The van der Waals surface area contributed by atoms with Crippen LogP contribution in [0.4, 0.5) is 5.69 Å². The molecule has 1 N–H and O–H groups in total. The van der Waals surface area contributed by atoms with Crippen LogP contribution in [-0.4, -0.2) is 11.3 Å². The van der Waals surface area contributed by atoms with Crippen LogP contribution in [0.1, 0.15) is 11.1 Å². The Labute approximate surface area is 162 Å². The van der Waals surface area contributed by atoms with Gasteiger partial charge in [-0.25, -0.2) is 0 Å². The van der Waals surface area contributed by atoms with Gasteiger partial charge in [0.1, 0.15) is 23.3 Å². The van der Waals surface area contributed by atoms with Crippen molar-refractivity contribution in [1.82, 2.24) is 0 Å². The summed E-state index contributed by atoms with van der Waals surface area (Å²) in [5.41, 5.74) is 1.70. The number of para-hydroxylation sites is 3. The second-order valence-electron chi connectivity index (χ2n) is 6.16. The lowest BCUT2D eigenvalue weighted by Gasteiger charge is -2.10. The standard InChI is InChI=1S/C24H16N2O2/c25-15-18-8-2-5-11-23(18)28-24-12-6-4-10-21(24)26-16-20-19-9-3-1-7-17(19)13-14-22(20)27/h1-14,16,27H. The molecule has 0 heterocycles. The Balaban J connectivity index is 1.73. The van der Waals surface area contributed by atoms with Gasteiger partial charge in [0.05, 0.1) is 5.56 Å². The number of aromatic hydroxyl groups is 1. The number of fused-ring (bicyclic) bond motifs is 1. The molecule has 0 atom stereocenters. The van der Waals surface area contributed by atoms with E-state index < -0.39 is 0 Å². The summed E-state index contributed by atoms with van der Waals surface area (Å²) in [5, 5.41) is 21.5. The van der Waals surface area contributed by atoms with Gasteiger partial charge in [-0.2, -0.15) is 5.26 Å². The van der Waals surface area contributed by atoms with E-state index in [4.69, 9.17) is 4.74 Å². The molecule has 0 aliphatic rings. The summed E-state index contributed by atoms with van der Waals surface area (Å²) in [7, 11) is 0. The molecule has 4 aromatic carbocycles. The molecule has 28 heavy (non-hydrogen) atoms. The third-order valence-electron chi connectivity index (χ3n) is 4.37. The van der Waals surface area contributed by atoms with Gasteiger partial charge < -0.3 is 9.84 Å². The van der Waals surface area contributed by atoms with E-state index in [1.807, 2.05) is 54.6 Å². The predicted molar refractivity (Wildman–Crippen MR) is 111 cm³/mol. The Morgan fingerprint density at radius 1 is 0.821 bits per heavy atom. The number of ether oxygens (including phenoxy) is 1. The van der Waals surface area contributed by atoms with E-state index >= 15 is 0 Å². The number of hydrogen-bond donors (Lipinski definition) is 1. The highest BCUT2D eigenvalue weighted by molar-refractivity contribution is 6.03. The average molecular weight is 364 g/mol. The predicted octanol–water partition coefficient (Wildman–Crippen LogP) is 5.96. The molecule has 0 amide bonds. The average Bonchev–Trinajstić information content (AvgIpc) is 2.74. The zero-order chi connectivity index (χ0) is 19.3. The number of hydrogen-bond acceptors (Lipinski definition) is 4. The van der Waals surface area contributed by atoms with Crippen molar-refractivity contribution in [1.29, 1.82) is 5.26 Å². The summed E-state index contributed by atoms with van der Waals surface area (Å²) in [6, 6.07) is 27.9. The molecule has 0 unspecified atom stereocenters. The summed E-state index contributed by atoms with van der Waals surface area (Å²) in [6.45, 7) is 0. The minimum absolute atomic E-state index is 0.163. The molecular formula is C24H16N2O2. The van der Waals surface area contributed by atoms with Crippen molar-refractivity contribution in [2.45, 2.75) is 0 Å². The van der Waals surface area contributed by atoms with Crippen LogP contribution in [0.3, 0.4) is 0 Å². The van der Waals surface area contributed by atoms with Gasteiger partial charge >= 0.3 is 0 Å². The van der Waals surface area contributed by atoms with Crippen molar-refractivity contribution in [2.75, 3.05) is 0 Å². The highest BCUT2D eigenvalue weighted by atomic mass is 16.5. The fourth-order valence-electron chi connectivity index (χ4n) is 2.97. The molecular weight excluding hydrogens is 348 g/mol. The van der Waals surface area contributed by atoms with E-state index in [2.05, 4.69) is 11.1 Å². The quantitative estimate of drug-likeness (QED) is 0.454. The Morgan fingerprint density at radius 3 is 2.39 bits per heavy atom. The van der Waals surface area contributed by atoms with Gasteiger partial charge in [0, 0.05) is 11.8 Å². The van der Waals surface area contributed by atoms with Gasteiger partial charge in [0.25, 0.3) is 0 Å². The molecule has 4 heteroatoms. The van der Waals surface area contributed by atoms with Gasteiger partial charge in [0.15, 0.2) is 5.75 Å². The van der Waals surface area contributed by atoms with Crippen molar-refractivity contribution in [3.8, 4) is 23.3 Å². The first-order valence-electron chi connectivity index (χ1n) is 8.77. The van der Waals surface area contributed by atoms with Crippen molar-refractivity contribution in [3.05, 3.63) is 96.1 Å². The van der Waals surface area contributed by atoms with E-state index in [0.29, 0.717) is 28.3 Å². The molecule has 0 radical (unpaired) electrons. The minimum Gasteiger partial charge on any atom is -0.507 e. The molecule has 0 spiro atoms. The topological polar surface area (TPSA) is 65.6 Å². The Hall–Kier alpha value is -4.10. The maximum atomic E-state index is 10.3. The molecule has 0 aliphatic heterocycles. The maximum absolute atomic E-state index is 10.3. The number of benzene rings is 4. The van der Waals surface area contributed by atoms with E-state index in [1.165, 1.54) is 0 Å². The summed E-state index contributed by atoms with van der Waals surface area (Å²) < 4.78 is 5.94. The molecule has 4 rings (SSSR count). The molecule has 0 bridgehead atoms. The maximum Gasteiger partial charge on any atom is 0.153 e. The lowest BCUT2D eigenvalue weighted by molar-refractivity contribution is 0.475. The lowest BCUT2D eigenvalue weighted by atomic mass is 10.0. The van der Waals surface area contributed by atoms with Crippen LogP contribution in [0.25, 0.3) is 10.8 Å². The Kier molecular flexibility index (Phi) is 4.73. The number of nitrogens with zero attached hydrogens (tertiary/aromatic N) is 2. The van der Waals surface area contributed by atoms with Crippen molar-refractivity contribution >= 4 is 22.7 Å².